The maximum atomic E-state index is 13.8. The number of rotatable bonds is 3. The van der Waals surface area contributed by atoms with E-state index in [0.29, 0.717) is 11.1 Å². The molecule has 156 valence electrons. The number of hydrogen-bond acceptors (Lipinski definition) is 3. The molecule has 2 saturated heterocycles. The lowest BCUT2D eigenvalue weighted by Gasteiger charge is -2.37. The molecule has 1 N–H and O–H groups in total. The van der Waals surface area contributed by atoms with Crippen LogP contribution in [-0.4, -0.2) is 46.3 Å². The highest BCUT2D eigenvalue weighted by atomic mass is 19.1. The lowest BCUT2D eigenvalue weighted by molar-refractivity contribution is -0.133. The van der Waals surface area contributed by atoms with Gasteiger partial charge in [0, 0.05) is 18.7 Å². The summed E-state index contributed by atoms with van der Waals surface area (Å²) in [6.45, 7) is 2.22. The van der Waals surface area contributed by atoms with Crippen LogP contribution in [0.3, 0.4) is 0 Å². The van der Waals surface area contributed by atoms with Crippen LogP contribution in [0.15, 0.2) is 42.5 Å². The average Bonchev–Trinajstić information content (AvgIpc) is 2.95. The number of aryl methyl sites for hydroxylation is 1. The second-order valence-electron chi connectivity index (χ2n) is 7.79. The number of halogens is 2. The van der Waals surface area contributed by atoms with Crippen LogP contribution in [0.25, 0.3) is 0 Å². The Balaban J connectivity index is 1.43. The number of likely N-dealkylation sites (tertiary alicyclic amines) is 1. The SMILES string of the molecule is Cc1ccc(C(=O)N2CCC3(CC2)NC(=O)N(Cc2ccc(F)cc2)C3=O)cc1F. The van der Waals surface area contributed by atoms with Crippen molar-refractivity contribution in [2.45, 2.75) is 31.8 Å². The summed E-state index contributed by atoms with van der Waals surface area (Å²) in [5, 5.41) is 2.78. The number of piperidine rings is 1. The molecule has 2 aromatic carbocycles. The topological polar surface area (TPSA) is 69.7 Å². The quantitative estimate of drug-likeness (QED) is 0.787. The molecule has 4 amide bonds. The predicted octanol–water partition coefficient (Wildman–Crippen LogP) is 3.00. The average molecular weight is 413 g/mol. The fourth-order valence-corrected chi connectivity index (χ4v) is 3.93. The van der Waals surface area contributed by atoms with Crippen molar-refractivity contribution in [3.05, 3.63) is 70.8 Å². The van der Waals surface area contributed by atoms with Gasteiger partial charge in [-0.15, -0.1) is 0 Å². The number of urea groups is 1. The first-order chi connectivity index (χ1) is 14.3. The number of amides is 4. The fraction of sp³-hybridized carbons (Fsp3) is 0.318. The summed E-state index contributed by atoms with van der Waals surface area (Å²) >= 11 is 0. The van der Waals surface area contributed by atoms with Gasteiger partial charge < -0.3 is 10.2 Å². The van der Waals surface area contributed by atoms with Gasteiger partial charge in [0.2, 0.25) is 0 Å². The Morgan fingerprint density at radius 1 is 1.07 bits per heavy atom. The molecule has 8 heteroatoms. The fourth-order valence-electron chi connectivity index (χ4n) is 3.93. The van der Waals surface area contributed by atoms with E-state index in [1.54, 1.807) is 24.0 Å². The predicted molar refractivity (Wildman–Crippen MR) is 104 cm³/mol. The largest absolute Gasteiger partial charge is 0.338 e. The third-order valence-corrected chi connectivity index (χ3v) is 5.82. The van der Waals surface area contributed by atoms with Gasteiger partial charge in [-0.05, 0) is 55.2 Å². The van der Waals surface area contributed by atoms with Crippen LogP contribution in [-0.2, 0) is 11.3 Å². The Bertz CT molecular complexity index is 1010. The maximum absolute atomic E-state index is 13.8. The third kappa shape index (κ3) is 3.53. The van der Waals surface area contributed by atoms with E-state index in [4.69, 9.17) is 0 Å². The summed E-state index contributed by atoms with van der Waals surface area (Å²) < 4.78 is 26.9. The standard InChI is InChI=1S/C22H21F2N3O3/c1-14-2-5-16(12-18(14)24)19(28)26-10-8-22(9-11-26)20(29)27(21(30)25-22)13-15-3-6-17(23)7-4-15/h2-7,12H,8-11,13H2,1H3,(H,25,30). The Hall–Kier alpha value is -3.29. The zero-order valence-electron chi connectivity index (χ0n) is 16.5. The molecule has 2 heterocycles. The van der Waals surface area contributed by atoms with Crippen molar-refractivity contribution in [3.8, 4) is 0 Å². The van der Waals surface area contributed by atoms with Crippen LogP contribution in [0.5, 0.6) is 0 Å². The van der Waals surface area contributed by atoms with Gasteiger partial charge in [0.15, 0.2) is 0 Å². The lowest BCUT2D eigenvalue weighted by Crippen LogP contribution is -2.55. The normalized spacial score (nSPS) is 18.1. The minimum absolute atomic E-state index is 0.0536. The van der Waals surface area contributed by atoms with E-state index in [9.17, 15) is 23.2 Å². The van der Waals surface area contributed by atoms with Gasteiger partial charge in [0.05, 0.1) is 6.54 Å². The number of benzene rings is 2. The van der Waals surface area contributed by atoms with E-state index in [1.807, 2.05) is 0 Å². The first-order valence-electron chi connectivity index (χ1n) is 9.73. The first-order valence-corrected chi connectivity index (χ1v) is 9.73. The number of nitrogens with one attached hydrogen (secondary N) is 1. The van der Waals surface area contributed by atoms with E-state index in [-0.39, 0.29) is 49.9 Å². The molecule has 6 nitrogen and oxygen atoms in total. The molecule has 2 aliphatic heterocycles. The van der Waals surface area contributed by atoms with Crippen LogP contribution in [0.1, 0.15) is 34.3 Å². The molecule has 0 radical (unpaired) electrons. The van der Waals surface area contributed by atoms with Crippen molar-refractivity contribution in [1.82, 2.24) is 15.1 Å². The molecule has 0 saturated carbocycles. The van der Waals surface area contributed by atoms with Gasteiger partial charge in [-0.25, -0.2) is 13.6 Å². The summed E-state index contributed by atoms with van der Waals surface area (Å²) in [6.07, 6.45) is 0.551. The van der Waals surface area contributed by atoms with E-state index in [0.717, 1.165) is 4.90 Å². The number of hydrogen-bond donors (Lipinski definition) is 1. The van der Waals surface area contributed by atoms with Crippen LogP contribution >= 0.6 is 0 Å². The summed E-state index contributed by atoms with van der Waals surface area (Å²) in [4.78, 5) is 40.8. The Labute approximate surface area is 172 Å². The van der Waals surface area contributed by atoms with Crippen molar-refractivity contribution in [2.75, 3.05) is 13.1 Å². The highest BCUT2D eigenvalue weighted by Gasteiger charge is 2.52. The van der Waals surface area contributed by atoms with E-state index in [1.165, 1.54) is 30.3 Å². The molecule has 30 heavy (non-hydrogen) atoms. The van der Waals surface area contributed by atoms with Crippen molar-refractivity contribution in [2.24, 2.45) is 0 Å². The Morgan fingerprint density at radius 3 is 2.37 bits per heavy atom. The van der Waals surface area contributed by atoms with E-state index in [2.05, 4.69) is 5.32 Å². The minimum Gasteiger partial charge on any atom is -0.338 e. The second-order valence-corrected chi connectivity index (χ2v) is 7.79. The maximum Gasteiger partial charge on any atom is 0.325 e. The summed E-state index contributed by atoms with van der Waals surface area (Å²) in [5.41, 5.74) is 0.316. The Morgan fingerprint density at radius 2 is 1.73 bits per heavy atom. The van der Waals surface area contributed by atoms with E-state index >= 15 is 0 Å². The molecule has 0 aliphatic carbocycles. The van der Waals surface area contributed by atoms with Crippen molar-refractivity contribution < 1.29 is 23.2 Å². The zero-order chi connectivity index (χ0) is 21.5. The summed E-state index contributed by atoms with van der Waals surface area (Å²) in [6, 6.07) is 9.48. The molecule has 0 unspecified atom stereocenters. The second kappa shape index (κ2) is 7.51. The first kappa shape index (κ1) is 20.0. The third-order valence-electron chi connectivity index (χ3n) is 5.82. The van der Waals surface area contributed by atoms with Crippen LogP contribution in [0, 0.1) is 18.6 Å². The molecule has 0 aromatic heterocycles. The van der Waals surface area contributed by atoms with Gasteiger partial charge in [-0.1, -0.05) is 18.2 Å². The van der Waals surface area contributed by atoms with Crippen molar-refractivity contribution >= 4 is 17.8 Å². The zero-order valence-corrected chi connectivity index (χ0v) is 16.5. The number of carbonyl (C=O) groups is 3. The molecular formula is C22H21F2N3O3. The number of imide groups is 1. The van der Waals surface area contributed by atoms with Gasteiger partial charge in [0.1, 0.15) is 17.2 Å². The molecular weight excluding hydrogens is 392 g/mol. The van der Waals surface area contributed by atoms with Crippen LogP contribution in [0.4, 0.5) is 13.6 Å². The highest BCUT2D eigenvalue weighted by Crippen LogP contribution is 2.31. The van der Waals surface area contributed by atoms with Gasteiger partial charge in [-0.3, -0.25) is 14.5 Å². The molecule has 2 fully saturated rings. The van der Waals surface area contributed by atoms with E-state index < -0.39 is 23.2 Å². The van der Waals surface area contributed by atoms with Crippen molar-refractivity contribution in [1.29, 1.82) is 0 Å². The molecule has 1 spiro atoms. The summed E-state index contributed by atoms with van der Waals surface area (Å²) in [7, 11) is 0. The Kier molecular flexibility index (Phi) is 5.01. The molecule has 0 bridgehead atoms. The molecule has 2 aliphatic rings. The van der Waals surface area contributed by atoms with Gasteiger partial charge in [-0.2, -0.15) is 0 Å². The number of carbonyl (C=O) groups excluding carboxylic acids is 3. The summed E-state index contributed by atoms with van der Waals surface area (Å²) in [5.74, 6) is -1.48. The minimum atomic E-state index is -1.05. The van der Waals surface area contributed by atoms with Gasteiger partial charge in [0.25, 0.3) is 11.8 Å². The molecule has 4 rings (SSSR count). The van der Waals surface area contributed by atoms with Crippen LogP contribution in [0.2, 0.25) is 0 Å². The van der Waals surface area contributed by atoms with Crippen LogP contribution < -0.4 is 5.32 Å². The smallest absolute Gasteiger partial charge is 0.325 e. The number of nitrogens with zero attached hydrogens (tertiary/aromatic N) is 2. The monoisotopic (exact) mass is 413 g/mol. The van der Waals surface area contributed by atoms with Crippen molar-refractivity contribution in [3.63, 3.8) is 0 Å². The molecule has 2 aromatic rings. The van der Waals surface area contributed by atoms with Gasteiger partial charge >= 0.3 is 6.03 Å². The lowest BCUT2D eigenvalue weighted by atomic mass is 9.87. The molecule has 0 atom stereocenters. The highest BCUT2D eigenvalue weighted by molar-refractivity contribution is 6.07.